The Bertz CT molecular complexity index is 575. The van der Waals surface area contributed by atoms with Crippen LogP contribution < -0.4 is 5.56 Å². The molecule has 0 amide bonds. The van der Waals surface area contributed by atoms with Gasteiger partial charge in [0, 0.05) is 24.7 Å². The Morgan fingerprint density at radius 1 is 1.20 bits per heavy atom. The van der Waals surface area contributed by atoms with Crippen molar-refractivity contribution >= 4 is 23.5 Å². The van der Waals surface area contributed by atoms with Crippen molar-refractivity contribution in [1.82, 2.24) is 4.57 Å². The van der Waals surface area contributed by atoms with E-state index >= 15 is 0 Å². The molecule has 0 aromatic carbocycles. The third-order valence-corrected chi connectivity index (χ3v) is 3.69. The van der Waals surface area contributed by atoms with Crippen molar-refractivity contribution in [3.8, 4) is 0 Å². The van der Waals surface area contributed by atoms with Crippen LogP contribution in [0.25, 0.3) is 0 Å². The Hall–Kier alpha value is -1.82. The van der Waals surface area contributed by atoms with Gasteiger partial charge in [0.1, 0.15) is 0 Å². The van der Waals surface area contributed by atoms with Gasteiger partial charge in [-0.15, -0.1) is 0 Å². The summed E-state index contributed by atoms with van der Waals surface area (Å²) in [4.78, 5) is 34.9. The smallest absolute Gasteiger partial charge is 0.309 e. The third-order valence-electron chi connectivity index (χ3n) is 3.47. The van der Waals surface area contributed by atoms with E-state index in [-0.39, 0.29) is 18.0 Å². The molecule has 0 spiro atoms. The zero-order chi connectivity index (χ0) is 14.9. The first-order chi connectivity index (χ1) is 9.49. The summed E-state index contributed by atoms with van der Waals surface area (Å²) in [7, 11) is 2.52. The molecule has 108 valence electrons. The van der Waals surface area contributed by atoms with Crippen LogP contribution in [0.4, 0.5) is 0 Å². The van der Waals surface area contributed by atoms with E-state index in [9.17, 15) is 14.4 Å². The largest absolute Gasteiger partial charge is 0.469 e. The van der Waals surface area contributed by atoms with Crippen LogP contribution in [0, 0.1) is 17.8 Å². The molecule has 7 heteroatoms. The summed E-state index contributed by atoms with van der Waals surface area (Å²) < 4.78 is 10.7. The summed E-state index contributed by atoms with van der Waals surface area (Å²) in [5.41, 5.74) is -0.242. The molecule has 1 aromatic heterocycles. The normalized spacial score (nSPS) is 24.1. The van der Waals surface area contributed by atoms with Crippen LogP contribution in [-0.2, 0) is 25.6 Å². The number of methoxy groups -OCH3 is 2. The van der Waals surface area contributed by atoms with Gasteiger partial charge in [0.15, 0.2) is 0 Å². The fourth-order valence-electron chi connectivity index (χ4n) is 2.39. The minimum Gasteiger partial charge on any atom is -0.469 e. The van der Waals surface area contributed by atoms with E-state index in [2.05, 4.69) is 9.47 Å². The molecular weight excluding hydrogens is 286 g/mol. The van der Waals surface area contributed by atoms with Crippen molar-refractivity contribution in [3.05, 3.63) is 33.7 Å². The number of rotatable bonds is 4. The summed E-state index contributed by atoms with van der Waals surface area (Å²) >= 11 is 5.83. The average molecular weight is 300 g/mol. The summed E-state index contributed by atoms with van der Waals surface area (Å²) in [5.74, 6) is -2.40. The molecule has 0 N–H and O–H groups in total. The van der Waals surface area contributed by atoms with Gasteiger partial charge in [0.2, 0.25) is 0 Å². The Kier molecular flexibility index (Phi) is 4.13. The molecular formula is C13H14ClNO5. The molecule has 6 nitrogen and oxygen atoms in total. The van der Waals surface area contributed by atoms with E-state index in [1.165, 1.54) is 37.1 Å². The monoisotopic (exact) mass is 299 g/mol. The van der Waals surface area contributed by atoms with Gasteiger partial charge in [-0.25, -0.2) is 0 Å². The van der Waals surface area contributed by atoms with Crippen LogP contribution in [0.5, 0.6) is 0 Å². The highest BCUT2D eigenvalue weighted by Crippen LogP contribution is 2.48. The zero-order valence-corrected chi connectivity index (χ0v) is 11.8. The maximum atomic E-state index is 11.7. The number of hydrogen-bond acceptors (Lipinski definition) is 5. The van der Waals surface area contributed by atoms with E-state index in [0.29, 0.717) is 5.02 Å². The highest BCUT2D eigenvalue weighted by atomic mass is 35.5. The van der Waals surface area contributed by atoms with Crippen molar-refractivity contribution in [1.29, 1.82) is 0 Å². The average Bonchev–Trinajstić information content (AvgIpc) is 3.15. The van der Waals surface area contributed by atoms with Crippen LogP contribution >= 0.6 is 11.6 Å². The van der Waals surface area contributed by atoms with Gasteiger partial charge < -0.3 is 14.0 Å². The number of pyridine rings is 1. The fraction of sp³-hybridized carbons (Fsp3) is 0.462. The molecule has 0 aliphatic heterocycles. The number of halogens is 1. The lowest BCUT2D eigenvalue weighted by Gasteiger charge is -2.05. The number of nitrogens with zero attached hydrogens (tertiary/aromatic N) is 1. The van der Waals surface area contributed by atoms with Crippen LogP contribution in [0.15, 0.2) is 23.1 Å². The lowest BCUT2D eigenvalue weighted by molar-refractivity contribution is -0.148. The predicted molar refractivity (Wildman–Crippen MR) is 70.2 cm³/mol. The van der Waals surface area contributed by atoms with Gasteiger partial charge in [-0.3, -0.25) is 14.4 Å². The Morgan fingerprint density at radius 3 is 2.25 bits per heavy atom. The fourth-order valence-corrected chi connectivity index (χ4v) is 2.57. The summed E-state index contributed by atoms with van der Waals surface area (Å²) in [5, 5.41) is 0.412. The van der Waals surface area contributed by atoms with Crippen molar-refractivity contribution in [2.24, 2.45) is 17.8 Å². The summed E-state index contributed by atoms with van der Waals surface area (Å²) in [6, 6.07) is 2.83. The summed E-state index contributed by atoms with van der Waals surface area (Å²) in [6.45, 7) is 0.221. The minimum atomic E-state index is -0.571. The van der Waals surface area contributed by atoms with E-state index in [0.717, 1.165) is 0 Å². The van der Waals surface area contributed by atoms with E-state index in [1.54, 1.807) is 0 Å². The Balaban J connectivity index is 2.19. The third kappa shape index (κ3) is 2.70. The van der Waals surface area contributed by atoms with E-state index < -0.39 is 23.8 Å². The second-order valence-corrected chi connectivity index (χ2v) is 5.04. The van der Waals surface area contributed by atoms with Crippen LogP contribution in [0.2, 0.25) is 5.02 Å². The molecule has 1 fully saturated rings. The van der Waals surface area contributed by atoms with Gasteiger partial charge in [-0.1, -0.05) is 11.6 Å². The second-order valence-electron chi connectivity index (χ2n) is 4.60. The first kappa shape index (κ1) is 14.6. The number of hydrogen-bond donors (Lipinski definition) is 0. The van der Waals surface area contributed by atoms with E-state index in [1.807, 2.05) is 0 Å². The van der Waals surface area contributed by atoms with Crippen LogP contribution in [0.3, 0.4) is 0 Å². The number of esters is 2. The topological polar surface area (TPSA) is 74.6 Å². The van der Waals surface area contributed by atoms with Crippen LogP contribution in [-0.4, -0.2) is 30.7 Å². The van der Waals surface area contributed by atoms with Crippen molar-refractivity contribution < 1.29 is 19.1 Å². The van der Waals surface area contributed by atoms with Crippen molar-refractivity contribution in [2.45, 2.75) is 6.54 Å². The number of carbonyl (C=O) groups excluding carboxylic acids is 2. The molecule has 2 atom stereocenters. The molecule has 2 rings (SSSR count). The van der Waals surface area contributed by atoms with Gasteiger partial charge in [-0.2, -0.15) is 0 Å². The van der Waals surface area contributed by atoms with Gasteiger partial charge in [0.05, 0.1) is 31.1 Å². The molecule has 0 radical (unpaired) electrons. The lowest BCUT2D eigenvalue weighted by Crippen LogP contribution is -2.20. The first-order valence-corrected chi connectivity index (χ1v) is 6.39. The highest BCUT2D eigenvalue weighted by molar-refractivity contribution is 6.30. The number of ether oxygens (including phenoxy) is 2. The maximum Gasteiger partial charge on any atom is 0.309 e. The van der Waals surface area contributed by atoms with Crippen molar-refractivity contribution in [2.75, 3.05) is 14.2 Å². The molecule has 1 aliphatic carbocycles. The SMILES string of the molecule is COC(=O)[C@@H]1C(Cn2cc(Cl)ccc2=O)[C@H]1C(=O)OC. The first-order valence-electron chi connectivity index (χ1n) is 6.01. The van der Waals surface area contributed by atoms with Gasteiger partial charge >= 0.3 is 11.9 Å². The van der Waals surface area contributed by atoms with Crippen LogP contribution in [0.1, 0.15) is 0 Å². The zero-order valence-electron chi connectivity index (χ0n) is 11.0. The lowest BCUT2D eigenvalue weighted by atomic mass is 10.3. The minimum absolute atomic E-state index is 0.221. The molecule has 1 saturated carbocycles. The molecule has 20 heavy (non-hydrogen) atoms. The molecule has 0 bridgehead atoms. The maximum absolute atomic E-state index is 11.7. The second kappa shape index (κ2) is 5.66. The Morgan fingerprint density at radius 2 is 1.75 bits per heavy atom. The predicted octanol–water partition coefficient (Wildman–Crippen LogP) is 0.710. The van der Waals surface area contributed by atoms with Gasteiger partial charge in [-0.05, 0) is 6.07 Å². The highest BCUT2D eigenvalue weighted by Gasteiger charge is 2.60. The Labute approximate surface area is 120 Å². The number of aromatic nitrogens is 1. The standard InChI is InChI=1S/C13H14ClNO5/c1-19-12(17)10-8(11(10)13(18)20-2)6-15-5-7(14)3-4-9(15)16/h3-5,8,10-11H,6H2,1-2H3/t10-,11-/m1/s1. The molecule has 1 heterocycles. The van der Waals surface area contributed by atoms with Crippen molar-refractivity contribution in [3.63, 3.8) is 0 Å². The molecule has 1 aromatic rings. The number of carbonyl (C=O) groups is 2. The van der Waals surface area contributed by atoms with E-state index in [4.69, 9.17) is 11.6 Å². The molecule has 0 saturated heterocycles. The quantitative estimate of drug-likeness (QED) is 0.766. The summed E-state index contributed by atoms with van der Waals surface area (Å²) in [6.07, 6.45) is 1.48. The molecule has 1 aliphatic rings. The van der Waals surface area contributed by atoms with Gasteiger partial charge in [0.25, 0.3) is 5.56 Å². The molecule has 0 unspecified atom stereocenters.